The molecule has 0 bridgehead atoms. The number of hydrogen-bond acceptors (Lipinski definition) is 2. The van der Waals surface area contributed by atoms with Gasteiger partial charge in [-0.3, -0.25) is 5.10 Å². The van der Waals surface area contributed by atoms with Crippen LogP contribution in [0.3, 0.4) is 0 Å². The average molecular weight is 241 g/mol. The molecular weight excluding hydrogens is 222 g/mol. The molecule has 0 saturated carbocycles. The molecule has 18 heavy (non-hydrogen) atoms. The molecule has 1 aliphatic heterocycles. The maximum absolute atomic E-state index is 4.22. The van der Waals surface area contributed by atoms with Crippen LogP contribution in [0.5, 0.6) is 0 Å². The van der Waals surface area contributed by atoms with Gasteiger partial charge in [-0.15, -0.1) is 0 Å². The standard InChI is InChI=1S/C15H19N3/c1-2-4-13(5-3-1)15-14(11-17-18-15)10-12-6-8-16-9-7-12/h1-5,11-12,16H,6-10H2,(H,17,18). The van der Waals surface area contributed by atoms with Crippen molar-refractivity contribution in [2.24, 2.45) is 5.92 Å². The summed E-state index contributed by atoms with van der Waals surface area (Å²) >= 11 is 0. The maximum atomic E-state index is 4.22. The molecule has 2 N–H and O–H groups in total. The van der Waals surface area contributed by atoms with Gasteiger partial charge in [0.1, 0.15) is 0 Å². The molecule has 94 valence electrons. The van der Waals surface area contributed by atoms with E-state index in [-0.39, 0.29) is 0 Å². The van der Waals surface area contributed by atoms with Crippen molar-refractivity contribution >= 4 is 0 Å². The largest absolute Gasteiger partial charge is 0.317 e. The summed E-state index contributed by atoms with van der Waals surface area (Å²) in [6, 6.07) is 10.5. The summed E-state index contributed by atoms with van der Waals surface area (Å²) in [7, 11) is 0. The summed E-state index contributed by atoms with van der Waals surface area (Å²) in [5.41, 5.74) is 3.78. The van der Waals surface area contributed by atoms with Gasteiger partial charge < -0.3 is 5.32 Å². The number of piperidine rings is 1. The molecule has 0 radical (unpaired) electrons. The van der Waals surface area contributed by atoms with Crippen LogP contribution in [-0.2, 0) is 6.42 Å². The lowest BCUT2D eigenvalue weighted by atomic mass is 9.90. The molecule has 1 saturated heterocycles. The van der Waals surface area contributed by atoms with E-state index in [1.807, 2.05) is 12.3 Å². The molecule has 3 nitrogen and oxygen atoms in total. The highest BCUT2D eigenvalue weighted by Crippen LogP contribution is 2.25. The van der Waals surface area contributed by atoms with E-state index in [1.54, 1.807) is 0 Å². The maximum Gasteiger partial charge on any atom is 0.0682 e. The Hall–Kier alpha value is -1.61. The molecule has 0 atom stereocenters. The van der Waals surface area contributed by atoms with Crippen LogP contribution in [0.4, 0.5) is 0 Å². The Morgan fingerprint density at radius 1 is 1.11 bits per heavy atom. The Labute approximate surface area is 108 Å². The minimum atomic E-state index is 0.798. The van der Waals surface area contributed by atoms with Crippen LogP contribution in [0, 0.1) is 5.92 Å². The fourth-order valence-corrected chi connectivity index (χ4v) is 2.72. The van der Waals surface area contributed by atoms with E-state index in [9.17, 15) is 0 Å². The number of nitrogens with one attached hydrogen (secondary N) is 2. The minimum Gasteiger partial charge on any atom is -0.317 e. The lowest BCUT2D eigenvalue weighted by Crippen LogP contribution is -2.28. The van der Waals surface area contributed by atoms with Gasteiger partial charge in [-0.05, 0) is 49.4 Å². The highest BCUT2D eigenvalue weighted by Gasteiger charge is 2.16. The van der Waals surface area contributed by atoms with Gasteiger partial charge in [0.2, 0.25) is 0 Å². The first-order valence-electron chi connectivity index (χ1n) is 6.72. The van der Waals surface area contributed by atoms with Crippen LogP contribution in [0.1, 0.15) is 18.4 Å². The lowest BCUT2D eigenvalue weighted by molar-refractivity contribution is 0.373. The molecule has 0 aliphatic carbocycles. The molecule has 3 rings (SSSR count). The molecule has 2 heterocycles. The zero-order valence-corrected chi connectivity index (χ0v) is 10.5. The van der Waals surface area contributed by atoms with E-state index < -0.39 is 0 Å². The van der Waals surface area contributed by atoms with E-state index >= 15 is 0 Å². The Balaban J connectivity index is 1.79. The topological polar surface area (TPSA) is 40.7 Å². The molecule has 3 heteroatoms. The summed E-state index contributed by atoms with van der Waals surface area (Å²) in [6.45, 7) is 2.31. The highest BCUT2D eigenvalue weighted by molar-refractivity contribution is 5.62. The van der Waals surface area contributed by atoms with Gasteiger partial charge in [-0.2, -0.15) is 5.10 Å². The third-order valence-electron chi connectivity index (χ3n) is 3.75. The second-order valence-electron chi connectivity index (χ2n) is 5.03. The van der Waals surface area contributed by atoms with Crippen molar-refractivity contribution in [3.05, 3.63) is 42.1 Å². The van der Waals surface area contributed by atoms with Crippen LogP contribution in [0.25, 0.3) is 11.3 Å². The summed E-state index contributed by atoms with van der Waals surface area (Å²) in [5, 5.41) is 10.8. The van der Waals surface area contributed by atoms with E-state index in [4.69, 9.17) is 0 Å². The minimum absolute atomic E-state index is 0.798. The molecular formula is C15H19N3. The van der Waals surface area contributed by atoms with E-state index in [0.717, 1.165) is 25.4 Å². The molecule has 1 fully saturated rings. The normalized spacial score (nSPS) is 16.9. The van der Waals surface area contributed by atoms with Crippen molar-refractivity contribution in [3.63, 3.8) is 0 Å². The third-order valence-corrected chi connectivity index (χ3v) is 3.75. The van der Waals surface area contributed by atoms with Crippen LogP contribution in [-0.4, -0.2) is 23.3 Å². The van der Waals surface area contributed by atoms with E-state index in [0.29, 0.717) is 0 Å². The van der Waals surface area contributed by atoms with Crippen molar-refractivity contribution in [1.82, 2.24) is 15.5 Å². The molecule has 2 aromatic rings. The molecule has 0 amide bonds. The van der Waals surface area contributed by atoms with Gasteiger partial charge in [0.25, 0.3) is 0 Å². The van der Waals surface area contributed by atoms with Gasteiger partial charge in [0.05, 0.1) is 11.9 Å². The van der Waals surface area contributed by atoms with Crippen LogP contribution < -0.4 is 5.32 Å². The smallest absolute Gasteiger partial charge is 0.0682 e. The number of hydrogen-bond donors (Lipinski definition) is 2. The molecule has 1 aliphatic rings. The molecule has 0 spiro atoms. The highest BCUT2D eigenvalue weighted by atomic mass is 15.1. The zero-order valence-electron chi connectivity index (χ0n) is 10.5. The first kappa shape index (κ1) is 11.5. The van der Waals surface area contributed by atoms with Gasteiger partial charge in [-0.25, -0.2) is 0 Å². The first-order chi connectivity index (χ1) is 8.93. The Morgan fingerprint density at radius 3 is 2.67 bits per heavy atom. The van der Waals surface area contributed by atoms with Crippen molar-refractivity contribution in [2.75, 3.05) is 13.1 Å². The number of H-pyrrole nitrogens is 1. The van der Waals surface area contributed by atoms with Gasteiger partial charge >= 0.3 is 0 Å². The van der Waals surface area contributed by atoms with Crippen molar-refractivity contribution in [3.8, 4) is 11.3 Å². The SMILES string of the molecule is c1ccc(-c2[nH]ncc2CC2CCNCC2)cc1. The van der Waals surface area contributed by atoms with E-state index in [2.05, 4.69) is 39.8 Å². The number of nitrogens with zero attached hydrogens (tertiary/aromatic N) is 1. The van der Waals surface area contributed by atoms with Crippen molar-refractivity contribution < 1.29 is 0 Å². The van der Waals surface area contributed by atoms with Gasteiger partial charge in [0.15, 0.2) is 0 Å². The zero-order chi connectivity index (χ0) is 12.2. The van der Waals surface area contributed by atoms with Crippen LogP contribution in [0.2, 0.25) is 0 Å². The summed E-state index contributed by atoms with van der Waals surface area (Å²) < 4.78 is 0. The van der Waals surface area contributed by atoms with Crippen molar-refractivity contribution in [2.45, 2.75) is 19.3 Å². The monoisotopic (exact) mass is 241 g/mol. The lowest BCUT2D eigenvalue weighted by Gasteiger charge is -2.22. The average Bonchev–Trinajstić information content (AvgIpc) is 2.89. The van der Waals surface area contributed by atoms with Gasteiger partial charge in [-0.1, -0.05) is 30.3 Å². The fourth-order valence-electron chi connectivity index (χ4n) is 2.72. The molecule has 1 aromatic carbocycles. The summed E-state index contributed by atoms with van der Waals surface area (Å²) in [4.78, 5) is 0. The molecule has 0 unspecified atom stereocenters. The Bertz CT molecular complexity index is 483. The molecule has 1 aromatic heterocycles. The first-order valence-corrected chi connectivity index (χ1v) is 6.72. The quantitative estimate of drug-likeness (QED) is 0.867. The predicted molar refractivity (Wildman–Crippen MR) is 73.3 cm³/mol. The number of aromatic nitrogens is 2. The third kappa shape index (κ3) is 2.46. The summed E-state index contributed by atoms with van der Waals surface area (Å²) in [6.07, 6.45) is 5.69. The number of rotatable bonds is 3. The fraction of sp³-hybridized carbons (Fsp3) is 0.400. The van der Waals surface area contributed by atoms with E-state index in [1.165, 1.54) is 29.7 Å². The summed E-state index contributed by atoms with van der Waals surface area (Å²) in [5.74, 6) is 0.798. The van der Waals surface area contributed by atoms with Crippen molar-refractivity contribution in [1.29, 1.82) is 0 Å². The Kier molecular flexibility index (Phi) is 3.42. The van der Waals surface area contributed by atoms with Crippen LogP contribution >= 0.6 is 0 Å². The Morgan fingerprint density at radius 2 is 1.89 bits per heavy atom. The van der Waals surface area contributed by atoms with Crippen LogP contribution in [0.15, 0.2) is 36.5 Å². The number of benzene rings is 1. The second kappa shape index (κ2) is 5.36. The number of aromatic amines is 1. The predicted octanol–water partition coefficient (Wildman–Crippen LogP) is 2.62. The van der Waals surface area contributed by atoms with Gasteiger partial charge in [0, 0.05) is 0 Å². The second-order valence-corrected chi connectivity index (χ2v) is 5.03.